The molecule has 1 saturated heterocycles. The molecule has 6 rings (SSSR count). The van der Waals surface area contributed by atoms with E-state index in [4.69, 9.17) is 9.47 Å². The first-order chi connectivity index (χ1) is 16.7. The molecule has 1 fully saturated rings. The van der Waals surface area contributed by atoms with Gasteiger partial charge in [0.1, 0.15) is 0 Å². The average molecular weight is 474 g/mol. The molecule has 174 valence electrons. The number of nitrogens with zero attached hydrogens (tertiary/aromatic N) is 3. The summed E-state index contributed by atoms with van der Waals surface area (Å²) in [5, 5.41) is 0. The van der Waals surface area contributed by atoms with Gasteiger partial charge in [-0.1, -0.05) is 42.1 Å². The van der Waals surface area contributed by atoms with Crippen molar-refractivity contribution in [3.05, 3.63) is 72.3 Å². The Hall–Kier alpha value is -3.00. The molecule has 0 spiro atoms. The zero-order chi connectivity index (χ0) is 22.9. The fourth-order valence-corrected chi connectivity index (χ4v) is 5.87. The monoisotopic (exact) mass is 473 g/mol. The summed E-state index contributed by atoms with van der Waals surface area (Å²) in [4.78, 5) is 22.5. The van der Waals surface area contributed by atoms with E-state index in [9.17, 15) is 4.79 Å². The van der Waals surface area contributed by atoms with Crippen molar-refractivity contribution in [3.63, 3.8) is 0 Å². The molecule has 0 atom stereocenters. The first-order valence-electron chi connectivity index (χ1n) is 11.8. The van der Waals surface area contributed by atoms with Gasteiger partial charge in [0.2, 0.25) is 12.7 Å². The lowest BCUT2D eigenvalue weighted by Crippen LogP contribution is -2.46. The van der Waals surface area contributed by atoms with Crippen LogP contribution in [0.25, 0.3) is 0 Å². The molecule has 3 aliphatic rings. The van der Waals surface area contributed by atoms with Gasteiger partial charge in [-0.05, 0) is 42.0 Å². The lowest BCUT2D eigenvalue weighted by atomic mass is 10.1. The number of anilines is 2. The van der Waals surface area contributed by atoms with E-state index in [0.717, 1.165) is 71.9 Å². The smallest absolute Gasteiger partial charge is 0.232 e. The lowest BCUT2D eigenvalue weighted by molar-refractivity contribution is -0.118. The van der Waals surface area contributed by atoms with Crippen molar-refractivity contribution in [3.8, 4) is 11.5 Å². The number of carbonyl (C=O) groups is 1. The second-order valence-corrected chi connectivity index (χ2v) is 9.91. The maximum Gasteiger partial charge on any atom is 0.232 e. The summed E-state index contributed by atoms with van der Waals surface area (Å²) in [7, 11) is 0. The van der Waals surface area contributed by atoms with E-state index in [0.29, 0.717) is 13.2 Å². The number of benzene rings is 3. The molecule has 34 heavy (non-hydrogen) atoms. The number of fused-ring (bicyclic) bond motifs is 3. The Balaban J connectivity index is 1.05. The standard InChI is InChI=1S/C27H27N3O3S/c31-27(30-21-5-1-3-7-25(21)34-26-8-4-2-6-22(26)30)11-12-28-13-15-29(16-14-28)18-20-9-10-23-24(17-20)33-19-32-23/h1-10,17H,11-16,18-19H2. The van der Waals surface area contributed by atoms with Crippen molar-refractivity contribution in [2.45, 2.75) is 22.8 Å². The molecule has 0 aromatic heterocycles. The van der Waals surface area contributed by atoms with E-state index >= 15 is 0 Å². The van der Waals surface area contributed by atoms with E-state index in [1.165, 1.54) is 5.56 Å². The normalized spacial score (nSPS) is 17.4. The maximum absolute atomic E-state index is 13.4. The predicted octanol–water partition coefficient (Wildman–Crippen LogP) is 4.75. The molecule has 6 nitrogen and oxygen atoms in total. The second-order valence-electron chi connectivity index (χ2n) is 8.82. The molecule has 7 heteroatoms. The number of amides is 1. The van der Waals surface area contributed by atoms with Gasteiger partial charge in [0.15, 0.2) is 11.5 Å². The van der Waals surface area contributed by atoms with Gasteiger partial charge in [-0.25, -0.2) is 0 Å². The molecular formula is C27H27N3O3S. The minimum Gasteiger partial charge on any atom is -0.454 e. The summed E-state index contributed by atoms with van der Waals surface area (Å²) in [6.07, 6.45) is 0.509. The Morgan fingerprint density at radius 1 is 0.794 bits per heavy atom. The molecule has 1 amide bonds. The first-order valence-corrected chi connectivity index (χ1v) is 12.6. The van der Waals surface area contributed by atoms with Crippen molar-refractivity contribution < 1.29 is 14.3 Å². The first kappa shape index (κ1) is 21.5. The quantitative estimate of drug-likeness (QED) is 0.533. The summed E-state index contributed by atoms with van der Waals surface area (Å²) < 4.78 is 10.9. The number of hydrogen-bond donors (Lipinski definition) is 0. The molecule has 3 aliphatic heterocycles. The highest BCUT2D eigenvalue weighted by molar-refractivity contribution is 7.99. The average Bonchev–Trinajstić information content (AvgIpc) is 3.34. The van der Waals surface area contributed by atoms with Crippen LogP contribution in [0.15, 0.2) is 76.5 Å². The third-order valence-electron chi connectivity index (χ3n) is 6.63. The van der Waals surface area contributed by atoms with Crippen molar-refractivity contribution in [2.24, 2.45) is 0 Å². The number of hydrogen-bond acceptors (Lipinski definition) is 6. The van der Waals surface area contributed by atoms with Crippen LogP contribution in [0.2, 0.25) is 0 Å². The molecular weight excluding hydrogens is 446 g/mol. The Morgan fingerprint density at radius 2 is 1.44 bits per heavy atom. The van der Waals surface area contributed by atoms with Gasteiger partial charge >= 0.3 is 0 Å². The summed E-state index contributed by atoms with van der Waals surface area (Å²) in [6, 6.07) is 22.6. The van der Waals surface area contributed by atoms with Gasteiger partial charge in [-0.15, -0.1) is 0 Å². The highest BCUT2D eigenvalue weighted by atomic mass is 32.2. The number of ether oxygens (including phenoxy) is 2. The van der Waals surface area contributed by atoms with Gasteiger partial charge in [0.25, 0.3) is 0 Å². The van der Waals surface area contributed by atoms with Gasteiger partial charge in [0, 0.05) is 55.5 Å². The number of para-hydroxylation sites is 2. The molecule has 0 bridgehead atoms. The summed E-state index contributed by atoms with van der Waals surface area (Å²) in [5.74, 6) is 1.83. The zero-order valence-electron chi connectivity index (χ0n) is 19.0. The largest absolute Gasteiger partial charge is 0.454 e. The molecule has 3 heterocycles. The molecule has 3 aromatic carbocycles. The van der Waals surface area contributed by atoms with Crippen molar-refractivity contribution >= 4 is 29.0 Å². The van der Waals surface area contributed by atoms with Gasteiger partial charge in [0.05, 0.1) is 11.4 Å². The Labute approximate surface area is 204 Å². The Bertz CT molecular complexity index is 1160. The zero-order valence-corrected chi connectivity index (χ0v) is 19.8. The second kappa shape index (κ2) is 9.33. The van der Waals surface area contributed by atoms with Crippen LogP contribution in [0.4, 0.5) is 11.4 Å². The predicted molar refractivity (Wildman–Crippen MR) is 133 cm³/mol. The Morgan fingerprint density at radius 3 is 2.18 bits per heavy atom. The van der Waals surface area contributed by atoms with Gasteiger partial charge in [-0.2, -0.15) is 0 Å². The van der Waals surface area contributed by atoms with Gasteiger partial charge in [-0.3, -0.25) is 14.6 Å². The minimum atomic E-state index is 0.156. The van der Waals surface area contributed by atoms with Crippen LogP contribution in [0, 0.1) is 0 Å². The van der Waals surface area contributed by atoms with Crippen molar-refractivity contribution in [2.75, 3.05) is 44.4 Å². The van der Waals surface area contributed by atoms with Crippen LogP contribution in [-0.2, 0) is 11.3 Å². The molecule has 0 unspecified atom stereocenters. The topological polar surface area (TPSA) is 45.3 Å². The number of piperazine rings is 1. The molecule has 0 aliphatic carbocycles. The minimum absolute atomic E-state index is 0.156. The SMILES string of the molecule is O=C(CCN1CCN(Cc2ccc3c(c2)OCO3)CC1)N1c2ccccc2Sc2ccccc21. The van der Waals surface area contributed by atoms with E-state index in [-0.39, 0.29) is 5.91 Å². The van der Waals surface area contributed by atoms with Crippen LogP contribution in [-0.4, -0.2) is 55.2 Å². The van der Waals surface area contributed by atoms with Crippen LogP contribution < -0.4 is 14.4 Å². The number of carbonyl (C=O) groups excluding carboxylic acids is 1. The molecule has 0 saturated carbocycles. The molecule has 0 radical (unpaired) electrons. The van der Waals surface area contributed by atoms with E-state index in [2.05, 4.69) is 34.1 Å². The fourth-order valence-electron chi connectivity index (χ4n) is 4.81. The summed E-state index contributed by atoms with van der Waals surface area (Å²) in [6.45, 7) is 5.93. The van der Waals surface area contributed by atoms with Crippen molar-refractivity contribution in [1.82, 2.24) is 9.80 Å². The van der Waals surface area contributed by atoms with E-state index in [1.54, 1.807) is 11.8 Å². The third kappa shape index (κ3) is 4.27. The van der Waals surface area contributed by atoms with Gasteiger partial charge < -0.3 is 14.4 Å². The van der Waals surface area contributed by atoms with Crippen LogP contribution in [0.5, 0.6) is 11.5 Å². The Kier molecular flexibility index (Phi) is 5.91. The van der Waals surface area contributed by atoms with Crippen LogP contribution >= 0.6 is 11.8 Å². The summed E-state index contributed by atoms with van der Waals surface area (Å²) in [5.41, 5.74) is 3.22. The number of rotatable bonds is 5. The van der Waals surface area contributed by atoms with E-state index in [1.807, 2.05) is 47.4 Å². The molecule has 3 aromatic rings. The third-order valence-corrected chi connectivity index (χ3v) is 7.76. The van der Waals surface area contributed by atoms with E-state index < -0.39 is 0 Å². The summed E-state index contributed by atoms with van der Waals surface area (Å²) >= 11 is 1.73. The highest BCUT2D eigenvalue weighted by Gasteiger charge is 2.28. The van der Waals surface area contributed by atoms with Crippen molar-refractivity contribution in [1.29, 1.82) is 0 Å². The lowest BCUT2D eigenvalue weighted by Gasteiger charge is -2.35. The maximum atomic E-state index is 13.4. The fraction of sp³-hybridized carbons (Fsp3) is 0.296. The van der Waals surface area contributed by atoms with Crippen LogP contribution in [0.1, 0.15) is 12.0 Å². The van der Waals surface area contributed by atoms with Crippen LogP contribution in [0.3, 0.4) is 0 Å². The molecule has 0 N–H and O–H groups in total. The highest BCUT2D eigenvalue weighted by Crippen LogP contribution is 2.48.